The van der Waals surface area contributed by atoms with E-state index in [9.17, 15) is 4.79 Å². The lowest BCUT2D eigenvalue weighted by Crippen LogP contribution is -2.13. The van der Waals surface area contributed by atoms with E-state index in [0.29, 0.717) is 6.42 Å². The molecular formula is C20H20O2. The molecule has 112 valence electrons. The SMILES string of the molecule is COC1=CC(=O)C[C@H](c2ccccc2)[C@H](c2ccccc2)C1. The van der Waals surface area contributed by atoms with Crippen LogP contribution in [-0.4, -0.2) is 12.9 Å². The van der Waals surface area contributed by atoms with Gasteiger partial charge in [-0.1, -0.05) is 60.7 Å². The van der Waals surface area contributed by atoms with E-state index in [1.807, 2.05) is 24.3 Å². The van der Waals surface area contributed by atoms with Crippen molar-refractivity contribution >= 4 is 5.78 Å². The zero-order chi connectivity index (χ0) is 15.4. The summed E-state index contributed by atoms with van der Waals surface area (Å²) in [5.41, 5.74) is 2.48. The second-order valence-electron chi connectivity index (χ2n) is 5.72. The molecular weight excluding hydrogens is 272 g/mol. The van der Waals surface area contributed by atoms with E-state index < -0.39 is 0 Å². The fraction of sp³-hybridized carbons (Fsp3) is 0.250. The number of ether oxygens (including phenoxy) is 1. The summed E-state index contributed by atoms with van der Waals surface area (Å²) in [6.07, 6.45) is 2.95. The van der Waals surface area contributed by atoms with Crippen molar-refractivity contribution in [1.82, 2.24) is 0 Å². The van der Waals surface area contributed by atoms with E-state index in [1.54, 1.807) is 13.2 Å². The molecule has 0 N–H and O–H groups in total. The monoisotopic (exact) mass is 292 g/mol. The molecule has 2 aromatic carbocycles. The Kier molecular flexibility index (Phi) is 4.38. The number of benzene rings is 2. The number of methoxy groups -OCH3 is 1. The molecule has 0 aliphatic heterocycles. The molecule has 0 unspecified atom stereocenters. The molecule has 22 heavy (non-hydrogen) atoms. The smallest absolute Gasteiger partial charge is 0.159 e. The summed E-state index contributed by atoms with van der Waals surface area (Å²) >= 11 is 0. The summed E-state index contributed by atoms with van der Waals surface area (Å²) in [7, 11) is 1.64. The van der Waals surface area contributed by atoms with E-state index in [4.69, 9.17) is 4.74 Å². The second-order valence-corrected chi connectivity index (χ2v) is 5.72. The molecule has 3 rings (SSSR count). The Morgan fingerprint density at radius 3 is 1.82 bits per heavy atom. The number of hydrogen-bond donors (Lipinski definition) is 0. The van der Waals surface area contributed by atoms with Gasteiger partial charge in [0.25, 0.3) is 0 Å². The molecule has 0 spiro atoms. The van der Waals surface area contributed by atoms with Crippen LogP contribution in [0.5, 0.6) is 0 Å². The van der Waals surface area contributed by atoms with Gasteiger partial charge in [-0.3, -0.25) is 4.79 Å². The van der Waals surface area contributed by atoms with Gasteiger partial charge in [-0.2, -0.15) is 0 Å². The molecule has 2 aromatic rings. The Morgan fingerprint density at radius 1 is 0.818 bits per heavy atom. The largest absolute Gasteiger partial charge is 0.501 e. The van der Waals surface area contributed by atoms with Crippen molar-refractivity contribution in [3.8, 4) is 0 Å². The Hall–Kier alpha value is -2.35. The minimum Gasteiger partial charge on any atom is -0.501 e. The van der Waals surface area contributed by atoms with Crippen molar-refractivity contribution in [2.45, 2.75) is 24.7 Å². The van der Waals surface area contributed by atoms with Crippen LogP contribution in [0.1, 0.15) is 35.8 Å². The molecule has 0 heterocycles. The summed E-state index contributed by atoms with van der Waals surface area (Å²) in [5.74, 6) is 1.35. The molecule has 0 fully saturated rings. The quantitative estimate of drug-likeness (QED) is 0.835. The lowest BCUT2D eigenvalue weighted by Gasteiger charge is -2.26. The van der Waals surface area contributed by atoms with E-state index in [1.165, 1.54) is 11.1 Å². The van der Waals surface area contributed by atoms with Gasteiger partial charge in [0.05, 0.1) is 12.9 Å². The second kappa shape index (κ2) is 6.61. The van der Waals surface area contributed by atoms with E-state index in [2.05, 4.69) is 36.4 Å². The summed E-state index contributed by atoms with van der Waals surface area (Å²) < 4.78 is 5.42. The first-order chi connectivity index (χ1) is 10.8. The third-order valence-corrected chi connectivity index (χ3v) is 4.37. The maximum absolute atomic E-state index is 12.3. The van der Waals surface area contributed by atoms with Crippen LogP contribution in [0.3, 0.4) is 0 Å². The average Bonchev–Trinajstić information content (AvgIpc) is 2.75. The van der Waals surface area contributed by atoms with Crippen LogP contribution in [0.25, 0.3) is 0 Å². The number of hydrogen-bond acceptors (Lipinski definition) is 2. The van der Waals surface area contributed by atoms with Gasteiger partial charge >= 0.3 is 0 Å². The van der Waals surface area contributed by atoms with Crippen molar-refractivity contribution in [2.24, 2.45) is 0 Å². The van der Waals surface area contributed by atoms with E-state index in [0.717, 1.165) is 12.2 Å². The Morgan fingerprint density at radius 2 is 1.32 bits per heavy atom. The minimum atomic E-state index is 0.143. The summed E-state index contributed by atoms with van der Waals surface area (Å²) in [6.45, 7) is 0. The van der Waals surface area contributed by atoms with Crippen molar-refractivity contribution < 1.29 is 9.53 Å². The first-order valence-electron chi connectivity index (χ1n) is 7.65. The van der Waals surface area contributed by atoms with Crippen LogP contribution in [0.15, 0.2) is 72.5 Å². The Balaban J connectivity index is 2.03. The highest BCUT2D eigenvalue weighted by Crippen LogP contribution is 2.42. The zero-order valence-corrected chi connectivity index (χ0v) is 12.7. The minimum absolute atomic E-state index is 0.143. The molecule has 2 nitrogen and oxygen atoms in total. The first kappa shape index (κ1) is 14.6. The van der Waals surface area contributed by atoms with Crippen LogP contribution >= 0.6 is 0 Å². The van der Waals surface area contributed by atoms with Crippen LogP contribution in [0, 0.1) is 0 Å². The molecule has 0 bridgehead atoms. The highest BCUT2D eigenvalue weighted by molar-refractivity contribution is 5.91. The molecule has 0 radical (unpaired) electrons. The number of ketones is 1. The lowest BCUT2D eigenvalue weighted by molar-refractivity contribution is -0.115. The fourth-order valence-electron chi connectivity index (χ4n) is 3.26. The van der Waals surface area contributed by atoms with Gasteiger partial charge < -0.3 is 4.74 Å². The van der Waals surface area contributed by atoms with Gasteiger partial charge in [0, 0.05) is 18.9 Å². The standard InChI is InChI=1S/C20H20O2/c1-22-18-12-17(21)13-19(15-8-4-2-5-9-15)20(14-18)16-10-6-3-7-11-16/h2-12,19-20H,13-14H2,1H3/t19-,20+/m1/s1. The first-order valence-corrected chi connectivity index (χ1v) is 7.65. The maximum Gasteiger partial charge on any atom is 0.159 e. The fourth-order valence-corrected chi connectivity index (χ4v) is 3.26. The predicted molar refractivity (Wildman–Crippen MR) is 87.7 cm³/mol. The van der Waals surface area contributed by atoms with Crippen molar-refractivity contribution in [3.63, 3.8) is 0 Å². The topological polar surface area (TPSA) is 26.3 Å². The summed E-state index contributed by atoms with van der Waals surface area (Å²) in [6, 6.07) is 20.7. The molecule has 1 aliphatic rings. The molecule has 1 aliphatic carbocycles. The molecule has 0 saturated carbocycles. The highest BCUT2D eigenvalue weighted by Gasteiger charge is 2.30. The summed E-state index contributed by atoms with van der Waals surface area (Å²) in [5, 5.41) is 0. The lowest BCUT2D eigenvalue weighted by atomic mass is 9.78. The maximum atomic E-state index is 12.3. The average molecular weight is 292 g/mol. The van der Waals surface area contributed by atoms with Crippen LogP contribution < -0.4 is 0 Å². The molecule has 2 atom stereocenters. The van der Waals surface area contributed by atoms with Gasteiger partial charge in [-0.15, -0.1) is 0 Å². The third kappa shape index (κ3) is 3.11. The molecule has 0 aromatic heterocycles. The van der Waals surface area contributed by atoms with Gasteiger partial charge in [-0.25, -0.2) is 0 Å². The van der Waals surface area contributed by atoms with Crippen LogP contribution in [-0.2, 0) is 9.53 Å². The molecule has 0 saturated heterocycles. The van der Waals surface area contributed by atoms with Crippen LogP contribution in [0.4, 0.5) is 0 Å². The van der Waals surface area contributed by atoms with Crippen molar-refractivity contribution in [1.29, 1.82) is 0 Å². The number of carbonyl (C=O) groups excluding carboxylic acids is 1. The number of rotatable bonds is 3. The normalized spacial score (nSPS) is 21.9. The van der Waals surface area contributed by atoms with Crippen molar-refractivity contribution in [2.75, 3.05) is 7.11 Å². The Bertz CT molecular complexity index is 659. The van der Waals surface area contributed by atoms with E-state index in [-0.39, 0.29) is 17.6 Å². The van der Waals surface area contributed by atoms with Gasteiger partial charge in [-0.05, 0) is 23.0 Å². The van der Waals surface area contributed by atoms with Gasteiger partial charge in [0.1, 0.15) is 0 Å². The Labute approximate surface area is 131 Å². The van der Waals surface area contributed by atoms with Gasteiger partial charge in [0.2, 0.25) is 0 Å². The van der Waals surface area contributed by atoms with E-state index >= 15 is 0 Å². The van der Waals surface area contributed by atoms with Crippen LogP contribution in [0.2, 0.25) is 0 Å². The van der Waals surface area contributed by atoms with Crippen molar-refractivity contribution in [3.05, 3.63) is 83.6 Å². The number of carbonyl (C=O) groups is 1. The molecule has 0 amide bonds. The predicted octanol–water partition coefficient (Wildman–Crippen LogP) is 4.45. The summed E-state index contributed by atoms with van der Waals surface area (Å²) in [4.78, 5) is 12.3. The zero-order valence-electron chi connectivity index (χ0n) is 12.7. The molecule has 2 heteroatoms. The third-order valence-electron chi connectivity index (χ3n) is 4.37. The number of allylic oxidation sites excluding steroid dienone is 2. The highest BCUT2D eigenvalue weighted by atomic mass is 16.5. The van der Waals surface area contributed by atoms with Gasteiger partial charge in [0.15, 0.2) is 5.78 Å².